The Morgan fingerprint density at radius 2 is 1.71 bits per heavy atom. The molecule has 0 radical (unpaired) electrons. The summed E-state index contributed by atoms with van der Waals surface area (Å²) in [7, 11) is 6.21. The molecule has 21 heavy (non-hydrogen) atoms. The van der Waals surface area contributed by atoms with E-state index in [0.29, 0.717) is 30.4 Å². The van der Waals surface area contributed by atoms with Crippen molar-refractivity contribution in [1.82, 2.24) is 5.32 Å². The smallest absolute Gasteiger partial charge is 0.244 e. The number of benzene rings is 1. The molecule has 0 aliphatic rings. The molecule has 0 spiro atoms. The largest absolute Gasteiger partial charge is 0.493 e. The summed E-state index contributed by atoms with van der Waals surface area (Å²) in [6, 6.07) is 3.53. The van der Waals surface area contributed by atoms with Crippen LogP contribution in [0.1, 0.15) is 5.56 Å². The highest BCUT2D eigenvalue weighted by Gasteiger charge is 2.12. The first-order valence-electron chi connectivity index (χ1n) is 6.41. The normalized spacial score (nSPS) is 10.5. The third-order valence-electron chi connectivity index (χ3n) is 2.72. The van der Waals surface area contributed by atoms with Crippen LogP contribution in [0, 0.1) is 0 Å². The number of nitrogens with one attached hydrogen (secondary N) is 1. The second-order valence-electron chi connectivity index (χ2n) is 4.08. The maximum Gasteiger partial charge on any atom is 0.244 e. The van der Waals surface area contributed by atoms with Gasteiger partial charge < -0.3 is 24.3 Å². The molecule has 0 unspecified atom stereocenters. The average Bonchev–Trinajstić information content (AvgIpc) is 2.51. The summed E-state index contributed by atoms with van der Waals surface area (Å²) in [6.07, 6.45) is 3.11. The second-order valence-corrected chi connectivity index (χ2v) is 4.08. The van der Waals surface area contributed by atoms with E-state index in [9.17, 15) is 4.79 Å². The highest BCUT2D eigenvalue weighted by atomic mass is 16.5. The number of ether oxygens (including phenoxy) is 4. The highest BCUT2D eigenvalue weighted by Crippen LogP contribution is 2.38. The topological polar surface area (TPSA) is 66.0 Å². The molecule has 116 valence electrons. The van der Waals surface area contributed by atoms with E-state index in [4.69, 9.17) is 18.9 Å². The minimum atomic E-state index is -0.194. The summed E-state index contributed by atoms with van der Waals surface area (Å²) in [5.74, 6) is 1.40. The van der Waals surface area contributed by atoms with Crippen LogP contribution >= 0.6 is 0 Å². The second kappa shape index (κ2) is 8.86. The van der Waals surface area contributed by atoms with E-state index < -0.39 is 0 Å². The summed E-state index contributed by atoms with van der Waals surface area (Å²) < 4.78 is 20.6. The number of amides is 1. The van der Waals surface area contributed by atoms with Gasteiger partial charge in [-0.2, -0.15) is 0 Å². The molecule has 1 rings (SSSR count). The lowest BCUT2D eigenvalue weighted by Crippen LogP contribution is -2.24. The molecule has 1 amide bonds. The monoisotopic (exact) mass is 295 g/mol. The first-order chi connectivity index (χ1) is 10.2. The standard InChI is InChI=1S/C15H21NO5/c1-18-8-7-16-14(17)6-5-11-9-12(19-2)15(21-4)13(10-11)20-3/h5-6,9-10H,7-8H2,1-4H3,(H,16,17). The Bertz CT molecular complexity index is 474. The van der Waals surface area contributed by atoms with E-state index >= 15 is 0 Å². The summed E-state index contributed by atoms with van der Waals surface area (Å²) in [4.78, 5) is 11.6. The molecule has 1 aromatic carbocycles. The Hall–Kier alpha value is -2.21. The van der Waals surface area contributed by atoms with E-state index in [2.05, 4.69) is 5.32 Å². The Labute approximate surface area is 124 Å². The van der Waals surface area contributed by atoms with E-state index in [1.54, 1.807) is 46.6 Å². The van der Waals surface area contributed by atoms with Crippen molar-refractivity contribution < 1.29 is 23.7 Å². The van der Waals surface area contributed by atoms with Crippen LogP contribution in [0.5, 0.6) is 17.2 Å². The molecule has 0 fully saturated rings. The minimum Gasteiger partial charge on any atom is -0.493 e. The SMILES string of the molecule is COCCNC(=O)C=Cc1cc(OC)c(OC)c(OC)c1. The molecule has 0 aliphatic heterocycles. The fourth-order valence-electron chi connectivity index (χ4n) is 1.70. The lowest BCUT2D eigenvalue weighted by molar-refractivity contribution is -0.116. The fraction of sp³-hybridized carbons (Fsp3) is 0.400. The van der Waals surface area contributed by atoms with Crippen molar-refractivity contribution in [3.05, 3.63) is 23.8 Å². The van der Waals surface area contributed by atoms with Gasteiger partial charge in [0.25, 0.3) is 0 Å². The molecule has 0 saturated heterocycles. The first-order valence-corrected chi connectivity index (χ1v) is 6.41. The first kappa shape index (κ1) is 16.8. The van der Waals surface area contributed by atoms with Gasteiger partial charge in [0.1, 0.15) is 0 Å². The number of carbonyl (C=O) groups excluding carboxylic acids is 1. The summed E-state index contributed by atoms with van der Waals surface area (Å²) in [6.45, 7) is 0.943. The van der Waals surface area contributed by atoms with Crippen molar-refractivity contribution in [3.8, 4) is 17.2 Å². The molecule has 1 N–H and O–H groups in total. The fourth-order valence-corrected chi connectivity index (χ4v) is 1.70. The van der Waals surface area contributed by atoms with Gasteiger partial charge >= 0.3 is 0 Å². The molecular weight excluding hydrogens is 274 g/mol. The summed E-state index contributed by atoms with van der Waals surface area (Å²) in [5, 5.41) is 2.70. The van der Waals surface area contributed by atoms with E-state index in [1.807, 2.05) is 0 Å². The van der Waals surface area contributed by atoms with Crippen LogP contribution in [0.4, 0.5) is 0 Å². The van der Waals surface area contributed by atoms with Crippen molar-refractivity contribution >= 4 is 12.0 Å². The minimum absolute atomic E-state index is 0.194. The predicted octanol–water partition coefficient (Wildman–Crippen LogP) is 1.49. The van der Waals surface area contributed by atoms with Gasteiger partial charge in [-0.25, -0.2) is 0 Å². The van der Waals surface area contributed by atoms with Crippen molar-refractivity contribution in [2.45, 2.75) is 0 Å². The van der Waals surface area contributed by atoms with E-state index in [1.165, 1.54) is 6.08 Å². The van der Waals surface area contributed by atoms with Crippen molar-refractivity contribution in [2.24, 2.45) is 0 Å². The third kappa shape index (κ3) is 5.00. The predicted molar refractivity (Wildman–Crippen MR) is 80.0 cm³/mol. The van der Waals surface area contributed by atoms with Crippen LogP contribution in [0.25, 0.3) is 6.08 Å². The molecule has 0 saturated carbocycles. The zero-order valence-corrected chi connectivity index (χ0v) is 12.8. The van der Waals surface area contributed by atoms with Gasteiger partial charge in [0.15, 0.2) is 11.5 Å². The number of methoxy groups -OCH3 is 4. The van der Waals surface area contributed by atoms with Crippen molar-refractivity contribution in [1.29, 1.82) is 0 Å². The zero-order chi connectivity index (χ0) is 15.7. The lowest BCUT2D eigenvalue weighted by atomic mass is 10.1. The molecular formula is C15H21NO5. The molecule has 0 atom stereocenters. The summed E-state index contributed by atoms with van der Waals surface area (Å²) in [5.41, 5.74) is 0.770. The molecule has 6 heteroatoms. The number of carbonyl (C=O) groups is 1. The highest BCUT2D eigenvalue weighted by molar-refractivity contribution is 5.91. The number of hydrogen-bond acceptors (Lipinski definition) is 5. The number of rotatable bonds is 8. The van der Waals surface area contributed by atoms with Crippen LogP contribution in [0.3, 0.4) is 0 Å². The Kier molecular flexibility index (Phi) is 7.11. The number of hydrogen-bond donors (Lipinski definition) is 1. The Morgan fingerprint density at radius 1 is 1.10 bits per heavy atom. The summed E-state index contributed by atoms with van der Waals surface area (Å²) >= 11 is 0. The van der Waals surface area contributed by atoms with Gasteiger partial charge in [0.2, 0.25) is 11.7 Å². The van der Waals surface area contributed by atoms with Gasteiger partial charge in [0, 0.05) is 19.7 Å². The van der Waals surface area contributed by atoms with Crippen LogP contribution in [0.2, 0.25) is 0 Å². The van der Waals surface area contributed by atoms with Crippen molar-refractivity contribution in [3.63, 3.8) is 0 Å². The van der Waals surface area contributed by atoms with Crippen LogP contribution in [-0.4, -0.2) is 47.5 Å². The maximum absolute atomic E-state index is 11.6. The molecule has 0 aromatic heterocycles. The van der Waals surface area contributed by atoms with Crippen molar-refractivity contribution in [2.75, 3.05) is 41.6 Å². The molecule has 1 aromatic rings. The zero-order valence-electron chi connectivity index (χ0n) is 12.8. The van der Waals surface area contributed by atoms with Gasteiger partial charge in [-0.15, -0.1) is 0 Å². The average molecular weight is 295 g/mol. The maximum atomic E-state index is 11.6. The van der Waals surface area contributed by atoms with Gasteiger partial charge in [-0.05, 0) is 23.8 Å². The van der Waals surface area contributed by atoms with Crippen LogP contribution < -0.4 is 19.5 Å². The van der Waals surface area contributed by atoms with Crippen LogP contribution in [0.15, 0.2) is 18.2 Å². The molecule has 6 nitrogen and oxygen atoms in total. The molecule has 0 heterocycles. The van der Waals surface area contributed by atoms with E-state index in [0.717, 1.165) is 5.56 Å². The Morgan fingerprint density at radius 3 is 2.19 bits per heavy atom. The molecule has 0 bridgehead atoms. The lowest BCUT2D eigenvalue weighted by Gasteiger charge is -2.12. The van der Waals surface area contributed by atoms with Gasteiger partial charge in [0.05, 0.1) is 27.9 Å². The quantitative estimate of drug-likeness (QED) is 0.581. The van der Waals surface area contributed by atoms with Gasteiger partial charge in [-0.3, -0.25) is 4.79 Å². The van der Waals surface area contributed by atoms with E-state index in [-0.39, 0.29) is 5.91 Å². The molecule has 0 aliphatic carbocycles. The third-order valence-corrected chi connectivity index (χ3v) is 2.72. The Balaban J connectivity index is 2.86. The van der Waals surface area contributed by atoms with Gasteiger partial charge in [-0.1, -0.05) is 0 Å². The van der Waals surface area contributed by atoms with Crippen LogP contribution in [-0.2, 0) is 9.53 Å².